The Morgan fingerprint density at radius 2 is 2.16 bits per heavy atom. The first-order chi connectivity index (χ1) is 12.3. The van der Waals surface area contributed by atoms with E-state index in [1.54, 1.807) is 28.7 Å². The number of benzene rings is 1. The Kier molecular flexibility index (Phi) is 4.49. The molecule has 4 rings (SSSR count). The third kappa shape index (κ3) is 3.72. The van der Waals surface area contributed by atoms with Crippen LogP contribution in [0.2, 0.25) is 0 Å². The number of fused-ring (bicyclic) bond motifs is 1. The van der Waals surface area contributed by atoms with Gasteiger partial charge in [0.1, 0.15) is 11.6 Å². The van der Waals surface area contributed by atoms with Gasteiger partial charge in [-0.05, 0) is 35.2 Å². The molecular weight excluding hydrogens is 358 g/mol. The molecule has 1 aliphatic heterocycles. The molecule has 0 saturated heterocycles. The summed E-state index contributed by atoms with van der Waals surface area (Å²) in [6.07, 6.45) is 3.08. The maximum Gasteiger partial charge on any atom is 0.331 e. The average molecular weight is 371 g/mol. The van der Waals surface area contributed by atoms with E-state index in [0.717, 1.165) is 21.8 Å². The van der Waals surface area contributed by atoms with E-state index >= 15 is 0 Å². The zero-order valence-electron chi connectivity index (χ0n) is 13.0. The summed E-state index contributed by atoms with van der Waals surface area (Å²) in [6, 6.07) is 7.51. The molecule has 25 heavy (non-hydrogen) atoms. The Morgan fingerprint density at radius 3 is 3.04 bits per heavy atom. The molecule has 5 nitrogen and oxygen atoms in total. The summed E-state index contributed by atoms with van der Waals surface area (Å²) in [5.41, 5.74) is 2.68. The second-order valence-corrected chi connectivity index (χ2v) is 6.85. The van der Waals surface area contributed by atoms with Crippen LogP contribution < -0.4 is 9.47 Å². The van der Waals surface area contributed by atoms with Crippen molar-refractivity contribution < 1.29 is 19.0 Å². The van der Waals surface area contributed by atoms with E-state index in [0.29, 0.717) is 11.5 Å². The van der Waals surface area contributed by atoms with Gasteiger partial charge >= 0.3 is 5.97 Å². The lowest BCUT2D eigenvalue weighted by atomic mass is 10.2. The zero-order chi connectivity index (χ0) is 17.1. The van der Waals surface area contributed by atoms with Gasteiger partial charge in [0.05, 0.1) is 5.69 Å². The van der Waals surface area contributed by atoms with Crippen LogP contribution in [0.4, 0.5) is 0 Å². The molecule has 0 atom stereocenters. The Hall–Kier alpha value is -2.64. The van der Waals surface area contributed by atoms with E-state index < -0.39 is 5.97 Å². The minimum atomic E-state index is -0.414. The monoisotopic (exact) mass is 371 g/mol. The predicted molar refractivity (Wildman–Crippen MR) is 96.8 cm³/mol. The Bertz CT molecular complexity index is 915. The van der Waals surface area contributed by atoms with Gasteiger partial charge in [-0.15, -0.1) is 11.3 Å². The van der Waals surface area contributed by atoms with Crippen molar-refractivity contribution in [1.29, 1.82) is 0 Å². The van der Waals surface area contributed by atoms with Crippen LogP contribution in [-0.4, -0.2) is 17.7 Å². The number of aromatic nitrogens is 1. The molecule has 7 heteroatoms. The van der Waals surface area contributed by atoms with Gasteiger partial charge in [0, 0.05) is 22.4 Å². The number of rotatable bonds is 5. The van der Waals surface area contributed by atoms with Crippen LogP contribution in [0.5, 0.6) is 11.5 Å². The van der Waals surface area contributed by atoms with Crippen molar-refractivity contribution in [3.8, 4) is 22.1 Å². The quantitative estimate of drug-likeness (QED) is 0.493. The minimum Gasteiger partial charge on any atom is -0.456 e. The molecule has 0 N–H and O–H groups in total. The van der Waals surface area contributed by atoms with Crippen molar-refractivity contribution in [1.82, 2.24) is 4.98 Å². The van der Waals surface area contributed by atoms with E-state index in [4.69, 9.17) is 14.2 Å². The van der Waals surface area contributed by atoms with Gasteiger partial charge in [0.25, 0.3) is 0 Å². The zero-order valence-corrected chi connectivity index (χ0v) is 14.6. The summed E-state index contributed by atoms with van der Waals surface area (Å²) >= 11 is 3.17. The van der Waals surface area contributed by atoms with Crippen LogP contribution in [0, 0.1) is 0 Å². The van der Waals surface area contributed by atoms with Crippen molar-refractivity contribution in [2.45, 2.75) is 6.61 Å². The molecule has 0 amide bonds. The second kappa shape index (κ2) is 7.08. The number of thiophene rings is 1. The number of hydrogen-bond acceptors (Lipinski definition) is 7. The lowest BCUT2D eigenvalue weighted by molar-refractivity contribution is -0.139. The van der Waals surface area contributed by atoms with Gasteiger partial charge in [0.2, 0.25) is 6.79 Å². The lowest BCUT2D eigenvalue weighted by Gasteiger charge is -1.99. The first-order valence-corrected chi connectivity index (χ1v) is 9.32. The molecule has 1 aliphatic rings. The van der Waals surface area contributed by atoms with Crippen LogP contribution in [0.15, 0.2) is 46.5 Å². The van der Waals surface area contributed by atoms with Crippen LogP contribution in [0.25, 0.3) is 16.6 Å². The smallest absolute Gasteiger partial charge is 0.331 e. The van der Waals surface area contributed by atoms with Crippen molar-refractivity contribution in [2.24, 2.45) is 0 Å². The molecule has 0 bridgehead atoms. The number of nitrogens with zero attached hydrogens (tertiary/aromatic N) is 1. The molecule has 0 unspecified atom stereocenters. The number of carbonyl (C=O) groups is 1. The van der Waals surface area contributed by atoms with E-state index in [2.05, 4.69) is 4.98 Å². The van der Waals surface area contributed by atoms with Crippen LogP contribution in [-0.2, 0) is 16.1 Å². The van der Waals surface area contributed by atoms with Gasteiger partial charge in [0.15, 0.2) is 11.5 Å². The summed E-state index contributed by atoms with van der Waals surface area (Å²) in [5.74, 6) is 0.978. The summed E-state index contributed by atoms with van der Waals surface area (Å²) < 4.78 is 15.8. The fraction of sp³-hybridized carbons (Fsp3) is 0.111. The highest BCUT2D eigenvalue weighted by atomic mass is 32.1. The molecule has 0 saturated carbocycles. The van der Waals surface area contributed by atoms with Crippen molar-refractivity contribution >= 4 is 34.7 Å². The largest absolute Gasteiger partial charge is 0.456 e. The molecule has 3 aromatic rings. The van der Waals surface area contributed by atoms with Gasteiger partial charge in [-0.3, -0.25) is 0 Å². The van der Waals surface area contributed by atoms with Crippen LogP contribution in [0.1, 0.15) is 11.3 Å². The molecule has 3 heterocycles. The Balaban J connectivity index is 1.33. The van der Waals surface area contributed by atoms with E-state index in [-0.39, 0.29) is 13.4 Å². The molecule has 0 radical (unpaired) electrons. The number of ether oxygens (including phenoxy) is 3. The number of thiazole rings is 1. The Morgan fingerprint density at radius 1 is 1.24 bits per heavy atom. The summed E-state index contributed by atoms with van der Waals surface area (Å²) in [5, 5.41) is 6.89. The molecule has 0 fully saturated rings. The first kappa shape index (κ1) is 15.9. The van der Waals surface area contributed by atoms with Crippen molar-refractivity contribution in [2.75, 3.05) is 6.79 Å². The van der Waals surface area contributed by atoms with Crippen molar-refractivity contribution in [3.05, 3.63) is 57.7 Å². The van der Waals surface area contributed by atoms with E-state index in [1.807, 2.05) is 40.4 Å². The molecule has 0 aliphatic carbocycles. The molecule has 126 valence electrons. The maximum atomic E-state index is 11.9. The Labute approximate surface area is 152 Å². The van der Waals surface area contributed by atoms with E-state index in [9.17, 15) is 4.79 Å². The average Bonchev–Trinajstić information content (AvgIpc) is 3.38. The fourth-order valence-corrected chi connectivity index (χ4v) is 3.78. The lowest BCUT2D eigenvalue weighted by Crippen LogP contribution is -2.00. The third-order valence-corrected chi connectivity index (χ3v) is 5.11. The number of hydrogen-bond donors (Lipinski definition) is 0. The molecule has 0 spiro atoms. The summed E-state index contributed by atoms with van der Waals surface area (Å²) in [6.45, 7) is 0.385. The predicted octanol–water partition coefficient (Wildman–Crippen LogP) is 4.36. The fourth-order valence-electron chi connectivity index (χ4n) is 2.27. The minimum absolute atomic E-state index is 0.158. The highest BCUT2D eigenvalue weighted by molar-refractivity contribution is 7.14. The second-order valence-electron chi connectivity index (χ2n) is 5.21. The molecule has 2 aromatic heterocycles. The van der Waals surface area contributed by atoms with E-state index in [1.165, 1.54) is 6.08 Å². The SMILES string of the molecule is O=C(/C=C/c1ccc2c(c1)OCO2)OCc1csc(-c2ccsc2)n1. The van der Waals surface area contributed by atoms with Crippen LogP contribution in [0.3, 0.4) is 0 Å². The van der Waals surface area contributed by atoms with Gasteiger partial charge < -0.3 is 14.2 Å². The third-order valence-electron chi connectivity index (χ3n) is 3.49. The number of esters is 1. The molecular formula is C18H13NO4S2. The van der Waals surface area contributed by atoms with Gasteiger partial charge in [-0.1, -0.05) is 6.07 Å². The van der Waals surface area contributed by atoms with Gasteiger partial charge in [-0.2, -0.15) is 11.3 Å². The van der Waals surface area contributed by atoms with Gasteiger partial charge in [-0.25, -0.2) is 9.78 Å². The standard InChI is InChI=1S/C18H13NO4S2/c20-17(4-2-12-1-3-15-16(7-12)23-11-22-15)21-8-14-10-25-18(19-14)13-5-6-24-9-13/h1-7,9-10H,8,11H2/b4-2+. The number of carbonyl (C=O) groups excluding carboxylic acids is 1. The van der Waals surface area contributed by atoms with Crippen molar-refractivity contribution in [3.63, 3.8) is 0 Å². The summed E-state index contributed by atoms with van der Waals surface area (Å²) in [4.78, 5) is 16.3. The van der Waals surface area contributed by atoms with Crippen LogP contribution >= 0.6 is 22.7 Å². The maximum absolute atomic E-state index is 11.9. The molecule has 1 aromatic carbocycles. The first-order valence-electron chi connectivity index (χ1n) is 7.49. The summed E-state index contributed by atoms with van der Waals surface area (Å²) in [7, 11) is 0. The normalized spacial score (nSPS) is 12.6. The highest BCUT2D eigenvalue weighted by Gasteiger charge is 2.12. The highest BCUT2D eigenvalue weighted by Crippen LogP contribution is 2.32. The topological polar surface area (TPSA) is 57.7 Å².